The Bertz CT molecular complexity index is 450. The molecule has 0 amide bonds. The summed E-state index contributed by atoms with van der Waals surface area (Å²) in [6.07, 6.45) is 7.01. The predicted octanol–water partition coefficient (Wildman–Crippen LogP) is 2.39. The molecule has 0 aromatic rings. The smallest absolute Gasteiger partial charge is 0.330 e. The number of carboxylic acid groups (broad SMARTS) is 2. The van der Waals surface area contributed by atoms with Gasteiger partial charge in [-0.2, -0.15) is 0 Å². The monoisotopic (exact) mass is 342 g/mol. The van der Waals surface area contributed by atoms with Crippen LogP contribution in [0.25, 0.3) is 0 Å². The van der Waals surface area contributed by atoms with Crippen molar-refractivity contribution in [1.82, 2.24) is 0 Å². The van der Waals surface area contributed by atoms with E-state index < -0.39 is 11.9 Å². The van der Waals surface area contributed by atoms with E-state index in [-0.39, 0.29) is 23.6 Å². The lowest BCUT2D eigenvalue weighted by Gasteiger charge is -2.12. The van der Waals surface area contributed by atoms with E-state index in [1.165, 1.54) is 6.92 Å². The van der Waals surface area contributed by atoms with Crippen molar-refractivity contribution in [3.8, 4) is 0 Å². The van der Waals surface area contributed by atoms with Crippen LogP contribution in [0.2, 0.25) is 0 Å². The number of fused-ring (bicyclic) bond motifs is 1. The second-order valence-corrected chi connectivity index (χ2v) is 6.18. The molecule has 3 fully saturated rings. The number of hydrogen-bond donors (Lipinski definition) is 2. The van der Waals surface area contributed by atoms with E-state index in [4.69, 9.17) is 19.7 Å². The van der Waals surface area contributed by atoms with E-state index in [2.05, 4.69) is 6.58 Å². The standard InChI is InChI=1S/C7H10O3.C6H10O2.C4H6O2/c8-7(9)4-1-2-5-6(3-4)10-5;7-6-4-2-1-3-5-8-6;1-3(2)4(5)6/h4-6H,1-3H2,(H,8,9);1-5H2;1H2,2H3,(H,5,6). The Morgan fingerprint density at radius 2 is 1.79 bits per heavy atom. The molecule has 24 heavy (non-hydrogen) atoms. The van der Waals surface area contributed by atoms with Gasteiger partial charge in [-0.25, -0.2) is 4.79 Å². The molecule has 3 rings (SSSR count). The van der Waals surface area contributed by atoms with Gasteiger partial charge in [-0.05, 0) is 45.4 Å². The number of carbonyl (C=O) groups excluding carboxylic acids is 1. The predicted molar refractivity (Wildman–Crippen MR) is 85.5 cm³/mol. The first kappa shape index (κ1) is 20.2. The van der Waals surface area contributed by atoms with Crippen molar-refractivity contribution in [3.63, 3.8) is 0 Å². The fourth-order valence-corrected chi connectivity index (χ4v) is 2.43. The molecular weight excluding hydrogens is 316 g/mol. The van der Waals surface area contributed by atoms with Crippen LogP contribution in [0.5, 0.6) is 0 Å². The summed E-state index contributed by atoms with van der Waals surface area (Å²) < 4.78 is 9.96. The summed E-state index contributed by atoms with van der Waals surface area (Å²) in [6.45, 7) is 5.24. The maximum atomic E-state index is 10.5. The van der Waals surface area contributed by atoms with Crippen LogP contribution in [0.3, 0.4) is 0 Å². The molecule has 0 aromatic carbocycles. The van der Waals surface area contributed by atoms with Crippen LogP contribution in [0.15, 0.2) is 12.2 Å². The highest BCUT2D eigenvalue weighted by molar-refractivity contribution is 5.84. The number of cyclic esters (lactones) is 1. The first-order chi connectivity index (χ1) is 11.3. The summed E-state index contributed by atoms with van der Waals surface area (Å²) in [7, 11) is 0. The Morgan fingerprint density at radius 1 is 1.12 bits per heavy atom. The summed E-state index contributed by atoms with van der Waals surface area (Å²) in [5, 5.41) is 16.5. The molecule has 1 saturated carbocycles. The van der Waals surface area contributed by atoms with Gasteiger partial charge in [0.1, 0.15) is 0 Å². The second kappa shape index (κ2) is 10.1. The summed E-state index contributed by atoms with van der Waals surface area (Å²) >= 11 is 0. The Morgan fingerprint density at radius 3 is 2.33 bits per heavy atom. The third-order valence-corrected chi connectivity index (χ3v) is 4.01. The number of esters is 1. The minimum atomic E-state index is -0.935. The maximum Gasteiger partial charge on any atom is 0.330 e. The van der Waals surface area contributed by atoms with Crippen molar-refractivity contribution in [2.75, 3.05) is 6.61 Å². The zero-order valence-corrected chi connectivity index (χ0v) is 14.0. The highest BCUT2D eigenvalue weighted by Gasteiger charge is 2.45. The molecule has 3 aliphatic rings. The Labute approximate surface area is 141 Å². The van der Waals surface area contributed by atoms with Gasteiger partial charge in [-0.1, -0.05) is 6.58 Å². The van der Waals surface area contributed by atoms with Gasteiger partial charge < -0.3 is 19.7 Å². The highest BCUT2D eigenvalue weighted by atomic mass is 16.6. The molecule has 0 aromatic heterocycles. The van der Waals surface area contributed by atoms with Crippen LogP contribution in [-0.4, -0.2) is 46.9 Å². The Hall–Kier alpha value is -1.89. The number of rotatable bonds is 2. The SMILES string of the molecule is C=C(C)C(=O)O.O=C(O)C1CCC2OC2C1.O=C1CCCCCO1. The molecule has 136 valence electrons. The summed E-state index contributed by atoms with van der Waals surface area (Å²) in [6, 6.07) is 0. The minimum absolute atomic E-state index is 0.0255. The molecule has 2 saturated heterocycles. The lowest BCUT2D eigenvalue weighted by molar-refractivity contribution is -0.143. The third kappa shape index (κ3) is 8.10. The average molecular weight is 342 g/mol. The highest BCUT2D eigenvalue weighted by Crippen LogP contribution is 2.39. The van der Waals surface area contributed by atoms with Crippen LogP contribution in [-0.2, 0) is 23.9 Å². The molecule has 7 nitrogen and oxygen atoms in total. The number of ether oxygens (including phenoxy) is 2. The quantitative estimate of drug-likeness (QED) is 0.450. The van der Waals surface area contributed by atoms with Gasteiger partial charge >= 0.3 is 17.9 Å². The Kier molecular flexibility index (Phi) is 8.46. The van der Waals surface area contributed by atoms with E-state index in [1.807, 2.05) is 0 Å². The van der Waals surface area contributed by atoms with Gasteiger partial charge in [0.2, 0.25) is 0 Å². The van der Waals surface area contributed by atoms with Gasteiger partial charge in [-0.15, -0.1) is 0 Å². The van der Waals surface area contributed by atoms with Gasteiger partial charge in [0, 0.05) is 12.0 Å². The van der Waals surface area contributed by atoms with Crippen molar-refractivity contribution >= 4 is 17.9 Å². The van der Waals surface area contributed by atoms with Crippen molar-refractivity contribution in [3.05, 3.63) is 12.2 Å². The van der Waals surface area contributed by atoms with E-state index >= 15 is 0 Å². The van der Waals surface area contributed by atoms with Crippen molar-refractivity contribution < 1.29 is 34.1 Å². The molecule has 2 aliphatic heterocycles. The van der Waals surface area contributed by atoms with Gasteiger partial charge in [0.25, 0.3) is 0 Å². The van der Waals surface area contributed by atoms with Crippen molar-refractivity contribution in [2.24, 2.45) is 5.92 Å². The maximum absolute atomic E-state index is 10.5. The third-order valence-electron chi connectivity index (χ3n) is 4.01. The second-order valence-electron chi connectivity index (χ2n) is 6.18. The lowest BCUT2D eigenvalue weighted by Crippen LogP contribution is -2.21. The number of aliphatic carboxylic acids is 2. The van der Waals surface area contributed by atoms with Crippen LogP contribution in [0.4, 0.5) is 0 Å². The zero-order chi connectivity index (χ0) is 18.1. The number of carbonyl (C=O) groups is 3. The van der Waals surface area contributed by atoms with E-state index in [0.717, 1.165) is 38.5 Å². The normalized spacial score (nSPS) is 27.5. The van der Waals surface area contributed by atoms with Crippen molar-refractivity contribution in [2.45, 2.75) is 64.1 Å². The zero-order valence-electron chi connectivity index (χ0n) is 14.0. The lowest BCUT2D eigenvalue weighted by atomic mass is 9.90. The first-order valence-electron chi connectivity index (χ1n) is 8.24. The molecule has 2 heterocycles. The van der Waals surface area contributed by atoms with Gasteiger partial charge in [0.15, 0.2) is 0 Å². The summed E-state index contributed by atoms with van der Waals surface area (Å²) in [5.74, 6) is -1.75. The number of epoxide rings is 1. The molecule has 3 atom stereocenters. The minimum Gasteiger partial charge on any atom is -0.481 e. The molecule has 7 heteroatoms. The van der Waals surface area contributed by atoms with Crippen LogP contribution >= 0.6 is 0 Å². The largest absolute Gasteiger partial charge is 0.481 e. The van der Waals surface area contributed by atoms with E-state index in [9.17, 15) is 14.4 Å². The van der Waals surface area contributed by atoms with E-state index in [0.29, 0.717) is 19.1 Å². The summed E-state index contributed by atoms with van der Waals surface area (Å²) in [4.78, 5) is 30.5. The first-order valence-corrected chi connectivity index (χ1v) is 8.24. The van der Waals surface area contributed by atoms with Crippen LogP contribution in [0, 0.1) is 5.92 Å². The fraction of sp³-hybridized carbons (Fsp3) is 0.706. The molecule has 0 spiro atoms. The van der Waals surface area contributed by atoms with Crippen LogP contribution in [0.1, 0.15) is 51.9 Å². The average Bonchev–Trinajstić information content (AvgIpc) is 3.31. The molecule has 2 N–H and O–H groups in total. The molecule has 3 unspecified atom stereocenters. The number of hydrogen-bond acceptors (Lipinski definition) is 5. The topological polar surface area (TPSA) is 113 Å². The van der Waals surface area contributed by atoms with Crippen molar-refractivity contribution in [1.29, 1.82) is 0 Å². The molecule has 0 radical (unpaired) electrons. The molecule has 0 bridgehead atoms. The van der Waals surface area contributed by atoms with Crippen LogP contribution < -0.4 is 0 Å². The van der Waals surface area contributed by atoms with E-state index in [1.54, 1.807) is 0 Å². The fourth-order valence-electron chi connectivity index (χ4n) is 2.43. The molecular formula is C17H26O7. The Balaban J connectivity index is 0.000000188. The number of carboxylic acids is 2. The molecule has 1 aliphatic carbocycles. The van der Waals surface area contributed by atoms with Gasteiger partial charge in [0.05, 0.1) is 24.7 Å². The summed E-state index contributed by atoms with van der Waals surface area (Å²) in [5.41, 5.74) is 0.176. The van der Waals surface area contributed by atoms with Gasteiger partial charge in [-0.3, -0.25) is 9.59 Å².